The largest absolute Gasteiger partial charge is 0.624 e. The van der Waals surface area contributed by atoms with Crippen LogP contribution in [0.15, 0.2) is 18.2 Å². The molecule has 0 spiro atoms. The zero-order chi connectivity index (χ0) is 9.14. The van der Waals surface area contributed by atoms with Crippen LogP contribution in [0, 0.1) is 16.8 Å². The summed E-state index contributed by atoms with van der Waals surface area (Å²) in [5.74, 6) is -1.48. The van der Waals surface area contributed by atoms with Crippen molar-refractivity contribution in [3.05, 3.63) is 40.6 Å². The average molecular weight is 171 g/mol. The van der Waals surface area contributed by atoms with E-state index in [2.05, 4.69) is 0 Å². The van der Waals surface area contributed by atoms with Crippen molar-refractivity contribution in [2.75, 3.05) is 7.05 Å². The van der Waals surface area contributed by atoms with Gasteiger partial charge in [0, 0.05) is 0 Å². The molecule has 64 valence electrons. The van der Waals surface area contributed by atoms with Crippen LogP contribution in [-0.4, -0.2) is 18.0 Å². The van der Waals surface area contributed by atoms with Gasteiger partial charge < -0.3 is 5.21 Å². The Morgan fingerprint density at radius 1 is 1.33 bits per heavy atom. The monoisotopic (exact) mass is 171 g/mol. The van der Waals surface area contributed by atoms with Crippen LogP contribution in [0.5, 0.6) is 0 Å². The number of hydroxylamine groups is 1. The van der Waals surface area contributed by atoms with Gasteiger partial charge in [-0.2, -0.15) is 0 Å². The topological polar surface area (TPSA) is 26.1 Å². The molecule has 4 heteroatoms. The van der Waals surface area contributed by atoms with Crippen molar-refractivity contribution in [3.63, 3.8) is 0 Å². The molecule has 0 aliphatic heterocycles. The van der Waals surface area contributed by atoms with E-state index in [0.717, 1.165) is 25.4 Å². The molecule has 12 heavy (non-hydrogen) atoms. The summed E-state index contributed by atoms with van der Waals surface area (Å²) in [6.45, 7) is 0. The molecule has 1 aromatic rings. The number of halogens is 2. The minimum absolute atomic E-state index is 0.310. The summed E-state index contributed by atoms with van der Waals surface area (Å²) in [5.41, 5.74) is -0.310. The zero-order valence-corrected chi connectivity index (χ0v) is 6.42. The second-order valence-corrected chi connectivity index (χ2v) is 2.31. The highest BCUT2D eigenvalue weighted by Crippen LogP contribution is 2.08. The van der Waals surface area contributed by atoms with Crippen molar-refractivity contribution in [2.24, 2.45) is 0 Å². The second-order valence-electron chi connectivity index (χ2n) is 2.31. The van der Waals surface area contributed by atoms with Gasteiger partial charge in [0.25, 0.3) is 0 Å². The standard InChI is InChI=1S/C8H7F2NO/c1-11(12)5-6-7(9)3-2-4-8(6)10/h2-5H,1H3/b11-5-. The van der Waals surface area contributed by atoms with E-state index in [9.17, 15) is 14.0 Å². The lowest BCUT2D eigenvalue weighted by Crippen LogP contribution is -2.02. The predicted molar refractivity (Wildman–Crippen MR) is 41.1 cm³/mol. The van der Waals surface area contributed by atoms with Crippen LogP contribution in [0.25, 0.3) is 0 Å². The molecule has 0 unspecified atom stereocenters. The summed E-state index contributed by atoms with van der Waals surface area (Å²) in [5, 5.41) is 10.4. The van der Waals surface area contributed by atoms with Crippen molar-refractivity contribution < 1.29 is 13.5 Å². The molecular formula is C8H7F2NO. The molecule has 2 nitrogen and oxygen atoms in total. The van der Waals surface area contributed by atoms with Gasteiger partial charge in [-0.15, -0.1) is 0 Å². The summed E-state index contributed by atoms with van der Waals surface area (Å²) < 4.78 is 25.9. The van der Waals surface area contributed by atoms with E-state index in [1.54, 1.807) is 0 Å². The lowest BCUT2D eigenvalue weighted by Gasteiger charge is -1.98. The highest BCUT2D eigenvalue weighted by Gasteiger charge is 2.07. The molecule has 0 heterocycles. The number of benzene rings is 1. The Bertz CT molecular complexity index is 299. The van der Waals surface area contributed by atoms with Crippen LogP contribution in [0.4, 0.5) is 8.78 Å². The molecule has 0 fully saturated rings. The fourth-order valence-electron chi connectivity index (χ4n) is 0.816. The maximum atomic E-state index is 12.8. The number of hydrogen-bond donors (Lipinski definition) is 0. The van der Waals surface area contributed by atoms with Crippen LogP contribution in [0.2, 0.25) is 0 Å². The van der Waals surface area contributed by atoms with E-state index in [4.69, 9.17) is 0 Å². The van der Waals surface area contributed by atoms with Crippen LogP contribution in [0.1, 0.15) is 5.56 Å². The summed E-state index contributed by atoms with van der Waals surface area (Å²) >= 11 is 0. The summed E-state index contributed by atoms with van der Waals surface area (Å²) in [6, 6.07) is 3.43. The van der Waals surface area contributed by atoms with Crippen LogP contribution >= 0.6 is 0 Å². The Morgan fingerprint density at radius 2 is 1.83 bits per heavy atom. The molecular weight excluding hydrogens is 164 g/mol. The Balaban J connectivity index is 3.22. The molecule has 0 saturated carbocycles. The second kappa shape index (κ2) is 3.30. The third-order valence-corrected chi connectivity index (χ3v) is 1.31. The van der Waals surface area contributed by atoms with Gasteiger partial charge in [0.15, 0.2) is 6.21 Å². The lowest BCUT2D eigenvalue weighted by molar-refractivity contribution is -0.416. The van der Waals surface area contributed by atoms with Crippen LogP contribution in [0.3, 0.4) is 0 Å². The minimum atomic E-state index is -0.738. The third-order valence-electron chi connectivity index (χ3n) is 1.31. The Kier molecular flexibility index (Phi) is 2.38. The number of nitrogens with zero attached hydrogens (tertiary/aromatic N) is 1. The molecule has 1 rings (SSSR count). The molecule has 0 aliphatic rings. The van der Waals surface area contributed by atoms with E-state index in [-0.39, 0.29) is 5.56 Å². The smallest absolute Gasteiger partial charge is 0.187 e. The van der Waals surface area contributed by atoms with Gasteiger partial charge in [-0.05, 0) is 12.1 Å². The van der Waals surface area contributed by atoms with Crippen LogP contribution < -0.4 is 0 Å². The predicted octanol–water partition coefficient (Wildman–Crippen LogP) is 1.52. The molecule has 0 aliphatic carbocycles. The zero-order valence-electron chi connectivity index (χ0n) is 6.42. The first-order chi connectivity index (χ1) is 5.61. The van der Waals surface area contributed by atoms with Crippen LogP contribution in [-0.2, 0) is 0 Å². The van der Waals surface area contributed by atoms with Crippen molar-refractivity contribution >= 4 is 6.21 Å². The van der Waals surface area contributed by atoms with Crippen molar-refractivity contribution in [1.82, 2.24) is 0 Å². The number of rotatable bonds is 1. The molecule has 1 aromatic carbocycles. The molecule has 0 aromatic heterocycles. The molecule has 0 amide bonds. The van der Waals surface area contributed by atoms with Gasteiger partial charge in [0.2, 0.25) is 0 Å². The molecule has 0 N–H and O–H groups in total. The molecule has 0 atom stereocenters. The van der Waals surface area contributed by atoms with Gasteiger partial charge in [-0.25, -0.2) is 13.5 Å². The van der Waals surface area contributed by atoms with Gasteiger partial charge in [-0.3, -0.25) is 0 Å². The third kappa shape index (κ3) is 1.78. The normalized spacial score (nSPS) is 11.8. The fraction of sp³-hybridized carbons (Fsp3) is 0.125. The Hall–Kier alpha value is -1.45. The van der Waals surface area contributed by atoms with Gasteiger partial charge in [0.1, 0.15) is 24.2 Å². The van der Waals surface area contributed by atoms with E-state index in [0.29, 0.717) is 4.74 Å². The molecule has 0 bridgehead atoms. The summed E-state index contributed by atoms with van der Waals surface area (Å²) in [7, 11) is 1.16. The minimum Gasteiger partial charge on any atom is -0.624 e. The first-order valence-electron chi connectivity index (χ1n) is 3.30. The van der Waals surface area contributed by atoms with Crippen molar-refractivity contribution in [3.8, 4) is 0 Å². The number of hydrogen-bond acceptors (Lipinski definition) is 1. The highest BCUT2D eigenvalue weighted by molar-refractivity contribution is 5.76. The quantitative estimate of drug-likeness (QED) is 0.272. The fourth-order valence-corrected chi connectivity index (χ4v) is 0.816. The molecule has 0 saturated heterocycles. The Labute approximate surface area is 68.3 Å². The van der Waals surface area contributed by atoms with E-state index >= 15 is 0 Å². The SMILES string of the molecule is C/[N+]([O-])=C/c1c(F)cccc1F. The van der Waals surface area contributed by atoms with E-state index in [1.165, 1.54) is 6.07 Å². The maximum Gasteiger partial charge on any atom is 0.187 e. The van der Waals surface area contributed by atoms with E-state index < -0.39 is 11.6 Å². The lowest BCUT2D eigenvalue weighted by atomic mass is 10.2. The van der Waals surface area contributed by atoms with Gasteiger partial charge in [-0.1, -0.05) is 6.07 Å². The highest BCUT2D eigenvalue weighted by atomic mass is 19.1. The first kappa shape index (κ1) is 8.64. The van der Waals surface area contributed by atoms with Crippen molar-refractivity contribution in [1.29, 1.82) is 0 Å². The summed E-state index contributed by atoms with van der Waals surface area (Å²) in [6.07, 6.45) is 0.852. The van der Waals surface area contributed by atoms with Gasteiger partial charge >= 0.3 is 0 Å². The summed E-state index contributed by atoms with van der Waals surface area (Å²) in [4.78, 5) is 0. The van der Waals surface area contributed by atoms with Crippen molar-refractivity contribution in [2.45, 2.75) is 0 Å². The Morgan fingerprint density at radius 3 is 2.25 bits per heavy atom. The maximum absolute atomic E-state index is 12.8. The van der Waals surface area contributed by atoms with E-state index in [1.807, 2.05) is 0 Å². The average Bonchev–Trinajstić information content (AvgIpc) is 1.97. The first-order valence-corrected chi connectivity index (χ1v) is 3.30. The van der Waals surface area contributed by atoms with Gasteiger partial charge in [0.05, 0.1) is 0 Å². The molecule has 0 radical (unpaired) electrons.